The van der Waals surface area contributed by atoms with Crippen LogP contribution in [0.5, 0.6) is 5.75 Å². The molecule has 0 atom stereocenters. The smallest absolute Gasteiger partial charge is 0.416 e. The predicted molar refractivity (Wildman–Crippen MR) is 115 cm³/mol. The summed E-state index contributed by atoms with van der Waals surface area (Å²) in [5.74, 6) is -0.292. The summed E-state index contributed by atoms with van der Waals surface area (Å²) >= 11 is 1.71. The fourth-order valence-electron chi connectivity index (χ4n) is 3.42. The van der Waals surface area contributed by atoms with Crippen molar-refractivity contribution < 1.29 is 27.5 Å². The van der Waals surface area contributed by atoms with E-state index in [9.17, 15) is 22.8 Å². The first-order valence-corrected chi connectivity index (χ1v) is 10.7. The van der Waals surface area contributed by atoms with Crippen LogP contribution in [0.25, 0.3) is 0 Å². The van der Waals surface area contributed by atoms with E-state index in [-0.39, 0.29) is 18.2 Å². The molecule has 0 bridgehead atoms. The van der Waals surface area contributed by atoms with Crippen LogP contribution in [0.2, 0.25) is 0 Å². The second kappa shape index (κ2) is 9.04. The summed E-state index contributed by atoms with van der Waals surface area (Å²) in [5.41, 5.74) is 0.885. The molecule has 9 heteroatoms. The van der Waals surface area contributed by atoms with Crippen molar-refractivity contribution in [3.63, 3.8) is 0 Å². The van der Waals surface area contributed by atoms with Crippen molar-refractivity contribution in [2.45, 2.75) is 19.1 Å². The molecule has 0 spiro atoms. The van der Waals surface area contributed by atoms with Gasteiger partial charge < -0.3 is 15.0 Å². The van der Waals surface area contributed by atoms with Gasteiger partial charge in [0.15, 0.2) is 6.61 Å². The zero-order valence-electron chi connectivity index (χ0n) is 16.8. The predicted octanol–water partition coefficient (Wildman–Crippen LogP) is 4.98. The van der Waals surface area contributed by atoms with Gasteiger partial charge in [0, 0.05) is 29.2 Å². The van der Waals surface area contributed by atoms with Gasteiger partial charge in [-0.3, -0.25) is 9.59 Å². The number of anilines is 1. The lowest BCUT2D eigenvalue weighted by Gasteiger charge is -2.27. The van der Waals surface area contributed by atoms with E-state index in [0.717, 1.165) is 18.6 Å². The number of benzene rings is 2. The SMILES string of the molecule is O=C(COc1ccc(C(=O)N2CCc3sccc3C2)cc1)Nc1cccc(C(F)(F)F)c1. The Balaban J connectivity index is 1.30. The van der Waals surface area contributed by atoms with Gasteiger partial charge >= 0.3 is 6.18 Å². The number of nitrogens with zero attached hydrogens (tertiary/aromatic N) is 1. The zero-order valence-corrected chi connectivity index (χ0v) is 17.6. The van der Waals surface area contributed by atoms with Crippen LogP contribution in [0, 0.1) is 0 Å². The molecule has 166 valence electrons. The van der Waals surface area contributed by atoms with Crippen LogP contribution in [0.4, 0.5) is 18.9 Å². The van der Waals surface area contributed by atoms with Crippen LogP contribution in [0.1, 0.15) is 26.4 Å². The molecule has 0 unspecified atom stereocenters. The summed E-state index contributed by atoms with van der Waals surface area (Å²) in [6.45, 7) is 0.878. The number of amides is 2. The van der Waals surface area contributed by atoms with Gasteiger partial charge in [-0.25, -0.2) is 0 Å². The zero-order chi connectivity index (χ0) is 22.7. The summed E-state index contributed by atoms with van der Waals surface area (Å²) < 4.78 is 43.7. The number of fused-ring (bicyclic) bond motifs is 1. The van der Waals surface area contributed by atoms with Crippen molar-refractivity contribution in [1.82, 2.24) is 4.90 Å². The van der Waals surface area contributed by atoms with E-state index in [1.54, 1.807) is 40.5 Å². The lowest BCUT2D eigenvalue weighted by molar-refractivity contribution is -0.137. The molecule has 2 amide bonds. The van der Waals surface area contributed by atoms with E-state index in [0.29, 0.717) is 24.4 Å². The highest BCUT2D eigenvalue weighted by molar-refractivity contribution is 7.10. The fraction of sp³-hybridized carbons (Fsp3) is 0.217. The van der Waals surface area contributed by atoms with Crippen LogP contribution >= 0.6 is 11.3 Å². The van der Waals surface area contributed by atoms with Gasteiger partial charge in [0.1, 0.15) is 5.75 Å². The maximum atomic E-state index is 12.8. The van der Waals surface area contributed by atoms with Crippen LogP contribution in [-0.2, 0) is 23.9 Å². The third-order valence-corrected chi connectivity index (χ3v) is 6.06. The van der Waals surface area contributed by atoms with E-state index >= 15 is 0 Å². The van der Waals surface area contributed by atoms with Gasteiger partial charge in [-0.1, -0.05) is 6.07 Å². The van der Waals surface area contributed by atoms with Crippen molar-refractivity contribution in [2.75, 3.05) is 18.5 Å². The lowest BCUT2D eigenvalue weighted by atomic mass is 10.1. The number of alkyl halides is 3. The lowest BCUT2D eigenvalue weighted by Crippen LogP contribution is -2.35. The molecule has 4 rings (SSSR count). The highest BCUT2D eigenvalue weighted by Gasteiger charge is 2.30. The number of ether oxygens (including phenoxy) is 1. The van der Waals surface area contributed by atoms with E-state index < -0.39 is 17.6 Å². The molecule has 0 radical (unpaired) electrons. The summed E-state index contributed by atoms with van der Waals surface area (Å²) in [5, 5.41) is 4.41. The maximum Gasteiger partial charge on any atom is 0.416 e. The second-order valence-corrected chi connectivity index (χ2v) is 8.29. The number of thiophene rings is 1. The molecule has 0 aliphatic carbocycles. The Labute approximate surface area is 186 Å². The number of carbonyl (C=O) groups is 2. The Bertz CT molecular complexity index is 1130. The molecule has 5 nitrogen and oxygen atoms in total. The molecule has 1 N–H and O–H groups in total. The standard InChI is InChI=1S/C23H19F3N2O3S/c24-23(25,26)17-2-1-3-18(12-17)27-21(29)14-31-19-6-4-15(5-7-19)22(30)28-10-8-20-16(13-28)9-11-32-20/h1-7,9,11-12H,8,10,13-14H2,(H,27,29). The van der Waals surface area contributed by atoms with Crippen LogP contribution in [-0.4, -0.2) is 29.9 Å². The van der Waals surface area contributed by atoms with Crippen LogP contribution < -0.4 is 10.1 Å². The molecule has 0 saturated carbocycles. The molecule has 1 aliphatic heterocycles. The monoisotopic (exact) mass is 460 g/mol. The summed E-state index contributed by atoms with van der Waals surface area (Å²) in [7, 11) is 0. The Morgan fingerprint density at radius 3 is 2.62 bits per heavy atom. The maximum absolute atomic E-state index is 12.8. The molecule has 0 fully saturated rings. The highest BCUT2D eigenvalue weighted by Crippen LogP contribution is 2.30. The Morgan fingerprint density at radius 1 is 1.09 bits per heavy atom. The molecule has 1 aromatic heterocycles. The number of hydrogen-bond donors (Lipinski definition) is 1. The number of hydrogen-bond acceptors (Lipinski definition) is 4. The van der Waals surface area contributed by atoms with Gasteiger partial charge in [0.05, 0.1) is 5.56 Å². The molecule has 2 aromatic carbocycles. The first-order valence-electron chi connectivity index (χ1n) is 9.84. The quantitative estimate of drug-likeness (QED) is 0.584. The van der Waals surface area contributed by atoms with E-state index in [4.69, 9.17) is 4.74 Å². The number of carbonyl (C=O) groups excluding carboxylic acids is 2. The largest absolute Gasteiger partial charge is 0.484 e. The third kappa shape index (κ3) is 5.11. The number of halogens is 3. The van der Waals surface area contributed by atoms with Gasteiger partial charge in [-0.05, 0) is 65.9 Å². The summed E-state index contributed by atoms with van der Waals surface area (Å²) in [6.07, 6.45) is -3.64. The Kier molecular flexibility index (Phi) is 6.18. The summed E-state index contributed by atoms with van der Waals surface area (Å²) in [4.78, 5) is 27.9. The van der Waals surface area contributed by atoms with Crippen LogP contribution in [0.15, 0.2) is 60.0 Å². The van der Waals surface area contributed by atoms with Crippen molar-refractivity contribution in [3.8, 4) is 5.75 Å². The topological polar surface area (TPSA) is 58.6 Å². The summed E-state index contributed by atoms with van der Waals surface area (Å²) in [6, 6.07) is 12.9. The number of nitrogens with one attached hydrogen (secondary N) is 1. The van der Waals surface area contributed by atoms with E-state index in [1.165, 1.54) is 22.6 Å². The average Bonchev–Trinajstić information content (AvgIpc) is 3.25. The minimum Gasteiger partial charge on any atom is -0.484 e. The minimum atomic E-state index is -4.49. The van der Waals surface area contributed by atoms with Crippen molar-refractivity contribution in [1.29, 1.82) is 0 Å². The first kappa shape index (κ1) is 21.9. The fourth-order valence-corrected chi connectivity index (χ4v) is 4.31. The molecular weight excluding hydrogens is 441 g/mol. The van der Waals surface area contributed by atoms with Gasteiger partial charge in [-0.15, -0.1) is 11.3 Å². The third-order valence-electron chi connectivity index (χ3n) is 5.04. The number of rotatable bonds is 5. The van der Waals surface area contributed by atoms with Gasteiger partial charge in [0.2, 0.25) is 0 Å². The highest BCUT2D eigenvalue weighted by atomic mass is 32.1. The second-order valence-electron chi connectivity index (χ2n) is 7.29. The molecule has 3 aromatic rings. The van der Waals surface area contributed by atoms with Gasteiger partial charge in [0.25, 0.3) is 11.8 Å². The van der Waals surface area contributed by atoms with Gasteiger partial charge in [-0.2, -0.15) is 13.2 Å². The molecule has 2 heterocycles. The molecule has 1 aliphatic rings. The minimum absolute atomic E-state index is 0.0321. The van der Waals surface area contributed by atoms with Crippen molar-refractivity contribution >= 4 is 28.8 Å². The Morgan fingerprint density at radius 2 is 1.88 bits per heavy atom. The molecular formula is C23H19F3N2O3S. The Hall–Kier alpha value is -3.33. The van der Waals surface area contributed by atoms with E-state index in [1.807, 2.05) is 11.4 Å². The van der Waals surface area contributed by atoms with Crippen LogP contribution in [0.3, 0.4) is 0 Å². The average molecular weight is 460 g/mol. The van der Waals surface area contributed by atoms with E-state index in [2.05, 4.69) is 5.32 Å². The first-order chi connectivity index (χ1) is 15.3. The normalized spacial score (nSPS) is 13.4. The van der Waals surface area contributed by atoms with Crippen molar-refractivity contribution in [2.24, 2.45) is 0 Å². The van der Waals surface area contributed by atoms with Crippen molar-refractivity contribution in [3.05, 3.63) is 81.5 Å². The molecule has 32 heavy (non-hydrogen) atoms. The molecule has 0 saturated heterocycles.